The second kappa shape index (κ2) is 7.08. The topological polar surface area (TPSA) is 61.9 Å². The van der Waals surface area contributed by atoms with Gasteiger partial charge in [0.05, 0.1) is 14.8 Å². The second-order valence-corrected chi connectivity index (χ2v) is 5.53. The molecule has 18 heavy (non-hydrogen) atoms. The van der Waals surface area contributed by atoms with Gasteiger partial charge in [0.15, 0.2) is 0 Å². The summed E-state index contributed by atoms with van der Waals surface area (Å²) in [5.41, 5.74) is 7.38. The van der Waals surface area contributed by atoms with Crippen LogP contribution in [0.5, 0.6) is 0 Å². The van der Waals surface area contributed by atoms with E-state index in [1.165, 1.54) is 11.3 Å². The van der Waals surface area contributed by atoms with E-state index in [9.17, 15) is 0 Å². The normalized spacial score (nSPS) is 11.8. The number of nitrogens with one attached hydrogen (secondary N) is 2. The molecular formula is C13H17N3S2. The lowest BCUT2D eigenvalue weighted by molar-refractivity contribution is 1.44. The molecule has 0 amide bonds. The van der Waals surface area contributed by atoms with Crippen LogP contribution in [0.4, 0.5) is 5.69 Å². The van der Waals surface area contributed by atoms with Crippen molar-refractivity contribution in [3.63, 3.8) is 0 Å². The Kier molecular flexibility index (Phi) is 5.74. The van der Waals surface area contributed by atoms with E-state index in [-0.39, 0.29) is 5.84 Å². The summed E-state index contributed by atoms with van der Waals surface area (Å²) in [5.74, 6) is 0.0981. The fraction of sp³-hybridized carbons (Fsp3) is 0.154. The lowest BCUT2D eigenvalue weighted by Crippen LogP contribution is -2.08. The summed E-state index contributed by atoms with van der Waals surface area (Å²) >= 11 is 3.15. The van der Waals surface area contributed by atoms with Crippen molar-refractivity contribution in [2.45, 2.75) is 11.1 Å². The first-order chi connectivity index (χ1) is 8.62. The smallest absolute Gasteiger partial charge is 0.133 e. The van der Waals surface area contributed by atoms with E-state index < -0.39 is 0 Å². The summed E-state index contributed by atoms with van der Waals surface area (Å²) < 4.78 is 1.11. The molecule has 5 heteroatoms. The predicted octanol–water partition coefficient (Wildman–Crippen LogP) is 3.81. The number of hydrogen-bond acceptors (Lipinski definition) is 4. The molecule has 1 heterocycles. The predicted molar refractivity (Wildman–Crippen MR) is 83.8 cm³/mol. The monoisotopic (exact) mass is 279 g/mol. The standard InChI is InChI=1S/C13H17N3S2/c1-4-6-7-9(5-2)16-10-8-11(12(14)15)18-13(10)17-3/h4-8,16H,2H2,1,3H3,(H3,14,15)/b6-4-,9-7+. The SMILES string of the molecule is C=C/C(=C\C=C/C)Nc1cc(C(=N)N)sc1SC. The van der Waals surface area contributed by atoms with Gasteiger partial charge < -0.3 is 11.1 Å². The van der Waals surface area contributed by atoms with E-state index in [1.54, 1.807) is 17.8 Å². The highest BCUT2D eigenvalue weighted by atomic mass is 32.2. The molecule has 0 saturated carbocycles. The van der Waals surface area contributed by atoms with Gasteiger partial charge in [0.1, 0.15) is 5.84 Å². The quantitative estimate of drug-likeness (QED) is 0.321. The zero-order valence-corrected chi connectivity index (χ0v) is 12.1. The van der Waals surface area contributed by atoms with Crippen LogP contribution in [0.2, 0.25) is 0 Å². The third-order valence-electron chi connectivity index (χ3n) is 2.12. The van der Waals surface area contributed by atoms with Crippen LogP contribution in [0, 0.1) is 5.41 Å². The Labute approximate surface area is 116 Å². The minimum absolute atomic E-state index is 0.0981. The average Bonchev–Trinajstić information content (AvgIpc) is 2.77. The number of hydrogen-bond donors (Lipinski definition) is 3. The Hall–Kier alpha value is -1.46. The average molecular weight is 279 g/mol. The van der Waals surface area contributed by atoms with Gasteiger partial charge in [0.25, 0.3) is 0 Å². The fourth-order valence-electron chi connectivity index (χ4n) is 1.26. The first kappa shape index (κ1) is 14.6. The van der Waals surface area contributed by atoms with Gasteiger partial charge in [-0.1, -0.05) is 18.7 Å². The van der Waals surface area contributed by atoms with Crippen LogP contribution < -0.4 is 11.1 Å². The molecule has 3 nitrogen and oxygen atoms in total. The molecule has 0 unspecified atom stereocenters. The van der Waals surface area contributed by atoms with Crippen LogP contribution in [0.25, 0.3) is 0 Å². The molecule has 0 atom stereocenters. The Morgan fingerprint density at radius 2 is 2.33 bits per heavy atom. The Bertz CT molecular complexity index is 498. The van der Waals surface area contributed by atoms with Gasteiger partial charge in [-0.3, -0.25) is 5.41 Å². The maximum atomic E-state index is 7.46. The van der Waals surface area contributed by atoms with Gasteiger partial charge in [0.2, 0.25) is 0 Å². The number of nitrogen functional groups attached to an aromatic ring is 1. The Morgan fingerprint density at radius 1 is 1.61 bits per heavy atom. The molecule has 0 spiro atoms. The third-order valence-corrected chi connectivity index (χ3v) is 4.42. The second-order valence-electron chi connectivity index (χ2n) is 3.41. The lowest BCUT2D eigenvalue weighted by atomic mass is 10.3. The molecule has 0 aliphatic heterocycles. The molecule has 0 saturated heterocycles. The molecule has 0 aliphatic rings. The van der Waals surface area contributed by atoms with Crippen molar-refractivity contribution in [1.82, 2.24) is 0 Å². The number of allylic oxidation sites excluding steroid dienone is 4. The third kappa shape index (κ3) is 3.78. The van der Waals surface area contributed by atoms with E-state index in [4.69, 9.17) is 11.1 Å². The van der Waals surface area contributed by atoms with Crippen LogP contribution in [0.3, 0.4) is 0 Å². The maximum Gasteiger partial charge on any atom is 0.133 e. The number of thiophene rings is 1. The van der Waals surface area contributed by atoms with E-state index >= 15 is 0 Å². The van der Waals surface area contributed by atoms with Crippen LogP contribution >= 0.6 is 23.1 Å². The van der Waals surface area contributed by atoms with Crippen molar-refractivity contribution >= 4 is 34.6 Å². The van der Waals surface area contributed by atoms with E-state index in [0.717, 1.165) is 20.5 Å². The highest BCUT2D eigenvalue weighted by Gasteiger charge is 2.10. The highest BCUT2D eigenvalue weighted by molar-refractivity contribution is 8.00. The van der Waals surface area contributed by atoms with Crippen molar-refractivity contribution < 1.29 is 0 Å². The summed E-state index contributed by atoms with van der Waals surface area (Å²) in [6.07, 6.45) is 9.61. The van der Waals surface area contributed by atoms with Crippen LogP contribution in [0.15, 0.2) is 46.9 Å². The molecule has 0 aliphatic carbocycles. The minimum Gasteiger partial charge on any atom is -0.383 e. The van der Waals surface area contributed by atoms with Gasteiger partial charge in [0, 0.05) is 5.70 Å². The van der Waals surface area contributed by atoms with Crippen molar-refractivity contribution in [2.75, 3.05) is 11.6 Å². The van der Waals surface area contributed by atoms with E-state index in [1.807, 2.05) is 37.5 Å². The highest BCUT2D eigenvalue weighted by Crippen LogP contribution is 2.35. The summed E-state index contributed by atoms with van der Waals surface area (Å²) in [6.45, 7) is 5.73. The van der Waals surface area contributed by atoms with Gasteiger partial charge >= 0.3 is 0 Å². The number of thioether (sulfide) groups is 1. The van der Waals surface area contributed by atoms with Crippen LogP contribution in [0.1, 0.15) is 11.8 Å². The van der Waals surface area contributed by atoms with Crippen molar-refractivity contribution in [3.05, 3.63) is 47.5 Å². The molecule has 0 bridgehead atoms. The van der Waals surface area contributed by atoms with Gasteiger partial charge in [-0.25, -0.2) is 0 Å². The molecule has 1 aromatic heterocycles. The molecule has 4 N–H and O–H groups in total. The van der Waals surface area contributed by atoms with E-state index in [2.05, 4.69) is 11.9 Å². The fourth-order valence-corrected chi connectivity index (χ4v) is 2.90. The molecular weight excluding hydrogens is 262 g/mol. The maximum absolute atomic E-state index is 7.46. The summed E-state index contributed by atoms with van der Waals surface area (Å²) in [4.78, 5) is 0.774. The first-order valence-electron chi connectivity index (χ1n) is 5.37. The van der Waals surface area contributed by atoms with Crippen molar-refractivity contribution in [1.29, 1.82) is 5.41 Å². The zero-order valence-electron chi connectivity index (χ0n) is 10.5. The number of nitrogens with two attached hydrogens (primary N) is 1. The first-order valence-corrected chi connectivity index (χ1v) is 7.41. The zero-order chi connectivity index (χ0) is 13.5. The summed E-state index contributed by atoms with van der Waals surface area (Å²) in [7, 11) is 0. The summed E-state index contributed by atoms with van der Waals surface area (Å²) in [6, 6.07) is 1.89. The molecule has 0 radical (unpaired) electrons. The number of anilines is 1. The van der Waals surface area contributed by atoms with Crippen LogP contribution in [-0.2, 0) is 0 Å². The van der Waals surface area contributed by atoms with Gasteiger partial charge in [-0.05, 0) is 31.4 Å². The van der Waals surface area contributed by atoms with Crippen LogP contribution in [-0.4, -0.2) is 12.1 Å². The lowest BCUT2D eigenvalue weighted by Gasteiger charge is -2.05. The minimum atomic E-state index is 0.0981. The van der Waals surface area contributed by atoms with Gasteiger partial charge in [-0.15, -0.1) is 23.1 Å². The Balaban J connectivity index is 3.01. The van der Waals surface area contributed by atoms with E-state index in [0.29, 0.717) is 0 Å². The molecule has 1 rings (SSSR count). The van der Waals surface area contributed by atoms with Crippen molar-refractivity contribution in [3.8, 4) is 0 Å². The van der Waals surface area contributed by atoms with Crippen molar-refractivity contribution in [2.24, 2.45) is 5.73 Å². The Morgan fingerprint density at radius 3 is 2.83 bits per heavy atom. The van der Waals surface area contributed by atoms with Gasteiger partial charge in [-0.2, -0.15) is 0 Å². The molecule has 0 fully saturated rings. The largest absolute Gasteiger partial charge is 0.383 e. The number of amidine groups is 1. The number of rotatable bonds is 6. The summed E-state index contributed by atoms with van der Waals surface area (Å²) in [5, 5.41) is 10.8. The molecule has 0 aromatic carbocycles. The molecule has 1 aromatic rings. The molecule has 96 valence electrons.